The fraction of sp³-hybridized carbons (Fsp3) is 0.545. The Kier molecular flexibility index (Phi) is 3.53. The van der Waals surface area contributed by atoms with Crippen molar-refractivity contribution in [3.8, 4) is 0 Å². The third-order valence-corrected chi connectivity index (χ3v) is 2.70. The van der Waals surface area contributed by atoms with Gasteiger partial charge in [0.1, 0.15) is 5.82 Å². The SMILES string of the molecule is COC(=O)c1nccc(N2CCNC(C)C2)n1. The summed E-state index contributed by atoms with van der Waals surface area (Å²) in [6.07, 6.45) is 1.58. The second kappa shape index (κ2) is 5.09. The Morgan fingerprint density at radius 1 is 1.65 bits per heavy atom. The van der Waals surface area contributed by atoms with Crippen molar-refractivity contribution in [2.45, 2.75) is 13.0 Å². The second-order valence-electron chi connectivity index (χ2n) is 4.03. The van der Waals surface area contributed by atoms with E-state index < -0.39 is 5.97 Å². The summed E-state index contributed by atoms with van der Waals surface area (Å²) in [5.74, 6) is 0.375. The van der Waals surface area contributed by atoms with Crippen molar-refractivity contribution in [2.24, 2.45) is 0 Å². The number of aromatic nitrogens is 2. The van der Waals surface area contributed by atoms with Crippen molar-refractivity contribution in [3.63, 3.8) is 0 Å². The van der Waals surface area contributed by atoms with Gasteiger partial charge in [0.25, 0.3) is 0 Å². The molecule has 1 unspecified atom stereocenters. The van der Waals surface area contributed by atoms with E-state index in [1.54, 1.807) is 6.20 Å². The average Bonchev–Trinajstić information content (AvgIpc) is 2.38. The molecule has 6 heteroatoms. The summed E-state index contributed by atoms with van der Waals surface area (Å²) in [7, 11) is 1.32. The van der Waals surface area contributed by atoms with Crippen LogP contribution in [0.2, 0.25) is 0 Å². The quantitative estimate of drug-likeness (QED) is 0.732. The molecule has 1 atom stereocenters. The van der Waals surface area contributed by atoms with E-state index >= 15 is 0 Å². The first-order chi connectivity index (χ1) is 8.20. The summed E-state index contributed by atoms with van der Waals surface area (Å²) in [4.78, 5) is 21.6. The highest BCUT2D eigenvalue weighted by Crippen LogP contribution is 2.12. The third kappa shape index (κ3) is 2.71. The largest absolute Gasteiger partial charge is 0.463 e. The van der Waals surface area contributed by atoms with E-state index in [9.17, 15) is 4.79 Å². The monoisotopic (exact) mass is 236 g/mol. The van der Waals surface area contributed by atoms with Crippen molar-refractivity contribution < 1.29 is 9.53 Å². The van der Waals surface area contributed by atoms with Crippen LogP contribution < -0.4 is 10.2 Å². The molecule has 2 rings (SSSR count). The van der Waals surface area contributed by atoms with Crippen LogP contribution in [0, 0.1) is 0 Å². The van der Waals surface area contributed by atoms with Crippen molar-refractivity contribution in [1.29, 1.82) is 0 Å². The molecule has 6 nitrogen and oxygen atoms in total. The number of rotatable bonds is 2. The maximum absolute atomic E-state index is 11.3. The van der Waals surface area contributed by atoms with Crippen LogP contribution in [-0.4, -0.2) is 48.7 Å². The minimum atomic E-state index is -0.505. The van der Waals surface area contributed by atoms with Gasteiger partial charge in [0, 0.05) is 31.9 Å². The minimum Gasteiger partial charge on any atom is -0.463 e. The Labute approximate surface area is 100 Å². The van der Waals surface area contributed by atoms with E-state index in [1.807, 2.05) is 6.07 Å². The van der Waals surface area contributed by atoms with Crippen LogP contribution in [-0.2, 0) is 4.74 Å². The van der Waals surface area contributed by atoms with Crippen molar-refractivity contribution in [2.75, 3.05) is 31.6 Å². The van der Waals surface area contributed by atoms with Gasteiger partial charge in [-0.2, -0.15) is 0 Å². The molecule has 1 fully saturated rings. The predicted octanol–water partition coefficient (Wildman–Crippen LogP) is 0.0613. The Balaban J connectivity index is 2.17. The number of nitrogens with one attached hydrogen (secondary N) is 1. The highest BCUT2D eigenvalue weighted by molar-refractivity contribution is 5.85. The van der Waals surface area contributed by atoms with Gasteiger partial charge in [0.2, 0.25) is 5.82 Å². The molecular weight excluding hydrogens is 220 g/mol. The van der Waals surface area contributed by atoms with Crippen LogP contribution >= 0.6 is 0 Å². The van der Waals surface area contributed by atoms with E-state index in [-0.39, 0.29) is 5.82 Å². The van der Waals surface area contributed by atoms with Crippen molar-refractivity contribution >= 4 is 11.8 Å². The molecule has 2 heterocycles. The highest BCUT2D eigenvalue weighted by atomic mass is 16.5. The number of methoxy groups -OCH3 is 1. The first-order valence-corrected chi connectivity index (χ1v) is 5.60. The van der Waals surface area contributed by atoms with E-state index in [2.05, 4.69) is 31.8 Å². The van der Waals surface area contributed by atoms with Gasteiger partial charge < -0.3 is 15.0 Å². The van der Waals surface area contributed by atoms with E-state index in [4.69, 9.17) is 0 Å². The van der Waals surface area contributed by atoms with Gasteiger partial charge in [-0.25, -0.2) is 14.8 Å². The molecule has 1 N–H and O–H groups in total. The van der Waals surface area contributed by atoms with E-state index in [1.165, 1.54) is 7.11 Å². The molecule has 0 amide bonds. The zero-order valence-electron chi connectivity index (χ0n) is 10.0. The van der Waals surface area contributed by atoms with Crippen LogP contribution in [0.5, 0.6) is 0 Å². The molecular formula is C11H16N4O2. The fourth-order valence-electron chi connectivity index (χ4n) is 1.86. The molecule has 0 aliphatic carbocycles. The average molecular weight is 236 g/mol. The number of hydrogen-bond donors (Lipinski definition) is 1. The van der Waals surface area contributed by atoms with Gasteiger partial charge in [-0.15, -0.1) is 0 Å². The van der Waals surface area contributed by atoms with Crippen LogP contribution in [0.1, 0.15) is 17.5 Å². The molecule has 1 aliphatic rings. The van der Waals surface area contributed by atoms with E-state index in [0.717, 1.165) is 25.5 Å². The van der Waals surface area contributed by atoms with Crippen molar-refractivity contribution in [1.82, 2.24) is 15.3 Å². The zero-order valence-corrected chi connectivity index (χ0v) is 10.0. The molecule has 0 bridgehead atoms. The first-order valence-electron chi connectivity index (χ1n) is 5.60. The van der Waals surface area contributed by atoms with Gasteiger partial charge in [0.15, 0.2) is 0 Å². The predicted molar refractivity (Wildman–Crippen MR) is 63.0 cm³/mol. The van der Waals surface area contributed by atoms with Crippen molar-refractivity contribution in [3.05, 3.63) is 18.1 Å². The van der Waals surface area contributed by atoms with Gasteiger partial charge in [-0.1, -0.05) is 0 Å². The number of piperazine rings is 1. The van der Waals surface area contributed by atoms with Crippen LogP contribution in [0.25, 0.3) is 0 Å². The molecule has 1 saturated heterocycles. The molecule has 17 heavy (non-hydrogen) atoms. The number of carbonyl (C=O) groups excluding carboxylic acids is 1. The first kappa shape index (κ1) is 11.8. The normalized spacial score (nSPS) is 20.1. The number of ether oxygens (including phenoxy) is 1. The smallest absolute Gasteiger partial charge is 0.376 e. The Morgan fingerprint density at radius 2 is 2.47 bits per heavy atom. The maximum atomic E-state index is 11.3. The Bertz CT molecular complexity index is 410. The number of nitrogens with zero attached hydrogens (tertiary/aromatic N) is 3. The molecule has 0 spiro atoms. The summed E-state index contributed by atoms with van der Waals surface area (Å²) in [6, 6.07) is 2.23. The number of anilines is 1. The summed E-state index contributed by atoms with van der Waals surface area (Å²) in [6.45, 7) is 4.78. The lowest BCUT2D eigenvalue weighted by Gasteiger charge is -2.32. The van der Waals surface area contributed by atoms with Gasteiger partial charge in [0.05, 0.1) is 7.11 Å². The van der Waals surface area contributed by atoms with Crippen LogP contribution in [0.15, 0.2) is 12.3 Å². The maximum Gasteiger partial charge on any atom is 0.376 e. The topological polar surface area (TPSA) is 67.3 Å². The van der Waals surface area contributed by atoms with Crippen LogP contribution in [0.4, 0.5) is 5.82 Å². The third-order valence-electron chi connectivity index (χ3n) is 2.70. The summed E-state index contributed by atoms with van der Waals surface area (Å²) in [5.41, 5.74) is 0. The Hall–Kier alpha value is -1.69. The van der Waals surface area contributed by atoms with Gasteiger partial charge >= 0.3 is 5.97 Å². The standard InChI is InChI=1S/C11H16N4O2/c1-8-7-15(6-5-12-8)9-3-4-13-10(14-9)11(16)17-2/h3-4,8,12H,5-7H2,1-2H3. The summed E-state index contributed by atoms with van der Waals surface area (Å²) < 4.78 is 4.60. The molecule has 1 aromatic heterocycles. The number of carbonyl (C=O) groups is 1. The lowest BCUT2D eigenvalue weighted by molar-refractivity contribution is 0.0587. The molecule has 1 aromatic rings. The molecule has 0 radical (unpaired) electrons. The van der Waals surface area contributed by atoms with Gasteiger partial charge in [-0.3, -0.25) is 0 Å². The molecule has 0 saturated carbocycles. The summed E-state index contributed by atoms with van der Waals surface area (Å²) in [5, 5.41) is 3.35. The lowest BCUT2D eigenvalue weighted by atomic mass is 10.2. The minimum absolute atomic E-state index is 0.108. The molecule has 1 aliphatic heterocycles. The highest BCUT2D eigenvalue weighted by Gasteiger charge is 2.18. The second-order valence-corrected chi connectivity index (χ2v) is 4.03. The Morgan fingerprint density at radius 3 is 3.18 bits per heavy atom. The number of esters is 1. The van der Waals surface area contributed by atoms with Crippen LogP contribution in [0.3, 0.4) is 0 Å². The van der Waals surface area contributed by atoms with Gasteiger partial charge in [-0.05, 0) is 13.0 Å². The number of hydrogen-bond acceptors (Lipinski definition) is 6. The fourth-order valence-corrected chi connectivity index (χ4v) is 1.86. The molecule has 0 aromatic carbocycles. The summed E-state index contributed by atoms with van der Waals surface area (Å²) >= 11 is 0. The van der Waals surface area contributed by atoms with E-state index in [0.29, 0.717) is 6.04 Å². The molecule has 92 valence electrons. The zero-order chi connectivity index (χ0) is 12.3. The lowest BCUT2D eigenvalue weighted by Crippen LogP contribution is -2.49.